The molecule has 3 rings (SSSR count). The Morgan fingerprint density at radius 1 is 1.00 bits per heavy atom. The maximum atomic E-state index is 12.8. The summed E-state index contributed by atoms with van der Waals surface area (Å²) in [5.74, 6) is 1.13. The number of carbonyl (C=O) groups excluding carboxylic acids is 1. The summed E-state index contributed by atoms with van der Waals surface area (Å²) >= 11 is 0. The van der Waals surface area contributed by atoms with Crippen LogP contribution in [0.3, 0.4) is 0 Å². The predicted octanol–water partition coefficient (Wildman–Crippen LogP) is 3.97. The first-order valence-corrected chi connectivity index (χ1v) is 9.08. The van der Waals surface area contributed by atoms with Crippen molar-refractivity contribution in [1.29, 1.82) is 0 Å². The zero-order chi connectivity index (χ0) is 19.6. The van der Waals surface area contributed by atoms with Gasteiger partial charge in [-0.05, 0) is 44.0 Å². The second kappa shape index (κ2) is 7.61. The van der Waals surface area contributed by atoms with Gasteiger partial charge in [-0.25, -0.2) is 0 Å². The molecule has 0 amide bonds. The first-order valence-electron chi connectivity index (χ1n) is 9.08. The van der Waals surface area contributed by atoms with Gasteiger partial charge in [0, 0.05) is 6.54 Å². The summed E-state index contributed by atoms with van der Waals surface area (Å²) in [6.07, 6.45) is 0. The van der Waals surface area contributed by atoms with Crippen LogP contribution < -0.4 is 9.47 Å². The van der Waals surface area contributed by atoms with Crippen molar-refractivity contribution in [2.75, 3.05) is 14.2 Å². The van der Waals surface area contributed by atoms with Gasteiger partial charge in [0.2, 0.25) is 0 Å². The fraction of sp³-hybridized carbons (Fsp3) is 0.409. The molecule has 1 heterocycles. The Morgan fingerprint density at radius 2 is 1.67 bits per heavy atom. The van der Waals surface area contributed by atoms with Crippen LogP contribution in [0.5, 0.6) is 11.5 Å². The first-order chi connectivity index (χ1) is 12.8. The number of rotatable bonds is 6. The Hall–Kier alpha value is -2.53. The third kappa shape index (κ3) is 4.42. The van der Waals surface area contributed by atoms with Gasteiger partial charge in [-0.15, -0.1) is 0 Å². The van der Waals surface area contributed by atoms with Gasteiger partial charge in [-0.1, -0.05) is 36.4 Å². The third-order valence-corrected chi connectivity index (χ3v) is 4.53. The molecule has 3 atom stereocenters. The van der Waals surface area contributed by atoms with Crippen molar-refractivity contribution in [3.05, 3.63) is 59.7 Å². The van der Waals surface area contributed by atoms with Gasteiger partial charge in [0.1, 0.15) is 11.6 Å². The van der Waals surface area contributed by atoms with Crippen LogP contribution in [0.4, 0.5) is 0 Å². The third-order valence-electron chi connectivity index (χ3n) is 4.53. The molecule has 5 heteroatoms. The second-order valence-electron chi connectivity index (χ2n) is 7.70. The minimum absolute atomic E-state index is 0.0418. The topological polar surface area (TPSA) is 47.8 Å². The van der Waals surface area contributed by atoms with Crippen molar-refractivity contribution in [1.82, 2.24) is 4.90 Å². The molecule has 2 aromatic rings. The summed E-state index contributed by atoms with van der Waals surface area (Å²) < 4.78 is 16.4. The summed E-state index contributed by atoms with van der Waals surface area (Å²) in [5, 5.41) is 0. The number of hydrogen-bond acceptors (Lipinski definition) is 5. The van der Waals surface area contributed by atoms with Crippen LogP contribution in [0.25, 0.3) is 0 Å². The maximum absolute atomic E-state index is 12.8. The van der Waals surface area contributed by atoms with E-state index in [4.69, 9.17) is 14.2 Å². The van der Waals surface area contributed by atoms with E-state index in [2.05, 4.69) is 17.0 Å². The van der Waals surface area contributed by atoms with Gasteiger partial charge in [-0.3, -0.25) is 9.69 Å². The van der Waals surface area contributed by atoms with Crippen molar-refractivity contribution in [3.8, 4) is 11.5 Å². The molecule has 0 radical (unpaired) electrons. The molecular weight excluding hydrogens is 342 g/mol. The highest BCUT2D eigenvalue weighted by atomic mass is 16.6. The van der Waals surface area contributed by atoms with E-state index in [0.717, 1.165) is 11.1 Å². The van der Waals surface area contributed by atoms with Gasteiger partial charge >= 0.3 is 5.97 Å². The molecule has 1 saturated heterocycles. The number of esters is 1. The standard InChI is InChI=1S/C22H27NO4/c1-22(2,3)27-21(24)20-19(23(20)14-15-9-7-6-8-10-15)16-11-12-17(25-4)18(13-16)26-5/h6-13,19-20H,14H2,1-5H3/t19-,20+,23?/m0/s1. The normalized spacial score (nSPS) is 21.4. The molecule has 27 heavy (non-hydrogen) atoms. The number of benzene rings is 2. The average molecular weight is 369 g/mol. The summed E-state index contributed by atoms with van der Waals surface area (Å²) in [7, 11) is 3.22. The first kappa shape index (κ1) is 19.2. The van der Waals surface area contributed by atoms with E-state index in [1.807, 2.05) is 57.2 Å². The van der Waals surface area contributed by atoms with Crippen molar-refractivity contribution in [2.45, 2.75) is 45.0 Å². The second-order valence-corrected chi connectivity index (χ2v) is 7.70. The van der Waals surface area contributed by atoms with Gasteiger partial charge < -0.3 is 14.2 Å². The van der Waals surface area contributed by atoms with Gasteiger partial charge in [0.15, 0.2) is 11.5 Å². The fourth-order valence-electron chi connectivity index (χ4n) is 3.30. The Bertz CT molecular complexity index is 798. The van der Waals surface area contributed by atoms with Crippen LogP contribution in [-0.2, 0) is 16.1 Å². The minimum atomic E-state index is -0.514. The fourth-order valence-corrected chi connectivity index (χ4v) is 3.30. The smallest absolute Gasteiger partial charge is 0.325 e. The molecule has 0 aliphatic carbocycles. The van der Waals surface area contributed by atoms with Crippen LogP contribution in [0.1, 0.15) is 37.9 Å². The van der Waals surface area contributed by atoms with Crippen molar-refractivity contribution < 1.29 is 19.0 Å². The molecular formula is C22H27NO4. The number of nitrogens with zero attached hydrogens (tertiary/aromatic N) is 1. The molecule has 0 bridgehead atoms. The van der Waals surface area contributed by atoms with Crippen LogP contribution in [0.2, 0.25) is 0 Å². The predicted molar refractivity (Wildman–Crippen MR) is 104 cm³/mol. The lowest BCUT2D eigenvalue weighted by molar-refractivity contribution is -0.155. The van der Waals surface area contributed by atoms with E-state index < -0.39 is 5.60 Å². The highest BCUT2D eigenvalue weighted by Gasteiger charge is 2.55. The molecule has 144 valence electrons. The van der Waals surface area contributed by atoms with Crippen LogP contribution >= 0.6 is 0 Å². The molecule has 1 fully saturated rings. The maximum Gasteiger partial charge on any atom is 0.325 e. The minimum Gasteiger partial charge on any atom is -0.493 e. The molecule has 0 N–H and O–H groups in total. The average Bonchev–Trinajstić information content (AvgIpc) is 3.34. The highest BCUT2D eigenvalue weighted by molar-refractivity contribution is 5.81. The highest BCUT2D eigenvalue weighted by Crippen LogP contribution is 2.47. The van der Waals surface area contributed by atoms with Crippen LogP contribution in [0.15, 0.2) is 48.5 Å². The Balaban J connectivity index is 1.86. The van der Waals surface area contributed by atoms with Crippen molar-refractivity contribution in [3.63, 3.8) is 0 Å². The van der Waals surface area contributed by atoms with E-state index in [1.165, 1.54) is 0 Å². The Labute approximate surface area is 160 Å². The Kier molecular flexibility index (Phi) is 5.42. The molecule has 5 nitrogen and oxygen atoms in total. The van der Waals surface area contributed by atoms with E-state index >= 15 is 0 Å². The van der Waals surface area contributed by atoms with E-state index in [9.17, 15) is 4.79 Å². The molecule has 1 aliphatic rings. The van der Waals surface area contributed by atoms with E-state index in [-0.39, 0.29) is 18.1 Å². The summed E-state index contributed by atoms with van der Waals surface area (Å²) in [6, 6.07) is 15.6. The molecule has 0 spiro atoms. The zero-order valence-corrected chi connectivity index (χ0v) is 16.6. The molecule has 0 saturated carbocycles. The van der Waals surface area contributed by atoms with Crippen molar-refractivity contribution in [2.24, 2.45) is 0 Å². The lowest BCUT2D eigenvalue weighted by Crippen LogP contribution is -2.28. The number of carbonyl (C=O) groups is 1. The van der Waals surface area contributed by atoms with E-state index in [1.54, 1.807) is 14.2 Å². The quantitative estimate of drug-likeness (QED) is 0.570. The number of hydrogen-bond donors (Lipinski definition) is 0. The summed E-state index contributed by atoms with van der Waals surface area (Å²) in [5.41, 5.74) is 1.66. The molecule has 2 aromatic carbocycles. The van der Waals surface area contributed by atoms with Crippen molar-refractivity contribution >= 4 is 5.97 Å². The van der Waals surface area contributed by atoms with Gasteiger partial charge in [0.25, 0.3) is 0 Å². The molecule has 0 aromatic heterocycles. The monoisotopic (exact) mass is 369 g/mol. The molecule has 1 aliphatic heterocycles. The van der Waals surface area contributed by atoms with Crippen LogP contribution in [0, 0.1) is 0 Å². The zero-order valence-electron chi connectivity index (χ0n) is 16.6. The Morgan fingerprint density at radius 3 is 2.26 bits per heavy atom. The SMILES string of the molecule is COc1ccc([C@H]2[C@H](C(=O)OC(C)(C)C)N2Cc2ccccc2)cc1OC. The lowest BCUT2D eigenvalue weighted by Gasteiger charge is -2.19. The summed E-state index contributed by atoms with van der Waals surface area (Å²) in [4.78, 5) is 14.9. The van der Waals surface area contributed by atoms with E-state index in [0.29, 0.717) is 18.0 Å². The summed E-state index contributed by atoms with van der Waals surface area (Å²) in [6.45, 7) is 6.35. The van der Waals surface area contributed by atoms with Crippen LogP contribution in [-0.4, -0.2) is 36.7 Å². The lowest BCUT2D eigenvalue weighted by atomic mass is 10.1. The largest absolute Gasteiger partial charge is 0.493 e. The number of methoxy groups -OCH3 is 2. The number of ether oxygens (including phenoxy) is 3. The van der Waals surface area contributed by atoms with Gasteiger partial charge in [-0.2, -0.15) is 0 Å². The van der Waals surface area contributed by atoms with Gasteiger partial charge in [0.05, 0.1) is 20.3 Å². The molecule has 1 unspecified atom stereocenters.